The lowest BCUT2D eigenvalue weighted by Crippen LogP contribution is -2.35. The van der Waals surface area contributed by atoms with E-state index in [0.29, 0.717) is 5.56 Å². The average Bonchev–Trinajstić information content (AvgIpc) is 2.41. The van der Waals surface area contributed by atoms with Crippen LogP contribution in [0.15, 0.2) is 35.1 Å². The number of carboxylic acid groups (broad SMARTS) is 1. The monoisotopic (exact) mass is 274 g/mol. The number of nitrogens with zero attached hydrogens (tertiary/aromatic N) is 1. The highest BCUT2D eigenvalue weighted by Crippen LogP contribution is 2.21. The van der Waals surface area contributed by atoms with Gasteiger partial charge < -0.3 is 15.4 Å². The molecule has 5 heteroatoms. The van der Waals surface area contributed by atoms with Gasteiger partial charge in [-0.15, -0.1) is 0 Å². The summed E-state index contributed by atoms with van der Waals surface area (Å²) in [5.74, 6) is -0.938. The Balaban J connectivity index is 2.70. The molecule has 2 aromatic rings. The number of carboxylic acids is 1. The van der Waals surface area contributed by atoms with E-state index in [1.54, 1.807) is 19.9 Å². The summed E-state index contributed by atoms with van der Waals surface area (Å²) in [6, 6.07) is 9.17. The standard InChI is InChI=1S/C15H18N2O3/c1-15(2,14(19)20)9-17-12-6-4-3-5-10(12)7-11(8-16)13(17)18/h3-7H,8-9,16H2,1-2H3,(H,19,20). The highest BCUT2D eigenvalue weighted by molar-refractivity contribution is 5.80. The summed E-state index contributed by atoms with van der Waals surface area (Å²) in [6.45, 7) is 3.45. The Morgan fingerprint density at radius 1 is 1.35 bits per heavy atom. The van der Waals surface area contributed by atoms with Crippen molar-refractivity contribution in [3.8, 4) is 0 Å². The molecule has 5 nitrogen and oxygen atoms in total. The van der Waals surface area contributed by atoms with Crippen LogP contribution in [0, 0.1) is 5.41 Å². The lowest BCUT2D eigenvalue weighted by atomic mass is 9.93. The molecule has 0 fully saturated rings. The molecule has 0 unspecified atom stereocenters. The summed E-state index contributed by atoms with van der Waals surface area (Å²) in [5.41, 5.74) is 5.57. The molecule has 0 aliphatic carbocycles. The minimum atomic E-state index is -1.03. The lowest BCUT2D eigenvalue weighted by Gasteiger charge is -2.22. The van der Waals surface area contributed by atoms with Crippen molar-refractivity contribution in [1.29, 1.82) is 0 Å². The van der Waals surface area contributed by atoms with Crippen molar-refractivity contribution in [2.24, 2.45) is 11.1 Å². The first-order chi connectivity index (χ1) is 9.36. The van der Waals surface area contributed by atoms with Crippen LogP contribution < -0.4 is 11.3 Å². The van der Waals surface area contributed by atoms with E-state index in [1.807, 2.05) is 24.3 Å². The molecule has 0 saturated carbocycles. The van der Waals surface area contributed by atoms with Crippen LogP contribution in [0.4, 0.5) is 0 Å². The number of benzene rings is 1. The zero-order valence-corrected chi connectivity index (χ0v) is 11.6. The number of hydrogen-bond donors (Lipinski definition) is 2. The quantitative estimate of drug-likeness (QED) is 0.886. The van der Waals surface area contributed by atoms with Crippen molar-refractivity contribution < 1.29 is 9.90 Å². The molecule has 1 aromatic carbocycles. The van der Waals surface area contributed by atoms with Gasteiger partial charge in [-0.1, -0.05) is 18.2 Å². The van der Waals surface area contributed by atoms with Gasteiger partial charge >= 0.3 is 5.97 Å². The SMILES string of the molecule is CC(C)(Cn1c(=O)c(CN)cc2ccccc21)C(=O)O. The molecule has 1 aromatic heterocycles. The molecular formula is C15H18N2O3. The van der Waals surface area contributed by atoms with Crippen molar-refractivity contribution in [2.75, 3.05) is 0 Å². The van der Waals surface area contributed by atoms with E-state index in [0.717, 1.165) is 10.9 Å². The number of aromatic nitrogens is 1. The molecule has 0 aliphatic rings. The van der Waals surface area contributed by atoms with Crippen molar-refractivity contribution >= 4 is 16.9 Å². The van der Waals surface area contributed by atoms with Crippen LogP contribution in [0.25, 0.3) is 10.9 Å². The Morgan fingerprint density at radius 3 is 2.60 bits per heavy atom. The predicted molar refractivity (Wildman–Crippen MR) is 77.5 cm³/mol. The Kier molecular flexibility index (Phi) is 3.63. The van der Waals surface area contributed by atoms with Gasteiger partial charge in [0.1, 0.15) is 0 Å². The zero-order chi connectivity index (χ0) is 14.9. The van der Waals surface area contributed by atoms with E-state index in [9.17, 15) is 14.7 Å². The van der Waals surface area contributed by atoms with Gasteiger partial charge in [0, 0.05) is 18.7 Å². The summed E-state index contributed by atoms with van der Waals surface area (Å²) >= 11 is 0. The largest absolute Gasteiger partial charge is 0.481 e. The smallest absolute Gasteiger partial charge is 0.310 e. The first-order valence-corrected chi connectivity index (χ1v) is 6.42. The molecule has 0 amide bonds. The summed E-state index contributed by atoms with van der Waals surface area (Å²) in [5, 5.41) is 10.1. The number of para-hydroxylation sites is 1. The molecule has 3 N–H and O–H groups in total. The summed E-state index contributed by atoms with van der Waals surface area (Å²) in [6.07, 6.45) is 0. The number of nitrogens with two attached hydrogens (primary N) is 1. The molecular weight excluding hydrogens is 256 g/mol. The molecule has 0 atom stereocenters. The number of carbonyl (C=O) groups is 1. The molecule has 2 rings (SSSR count). The third-order valence-electron chi connectivity index (χ3n) is 3.43. The fraction of sp³-hybridized carbons (Fsp3) is 0.333. The van der Waals surface area contributed by atoms with E-state index in [-0.39, 0.29) is 18.6 Å². The Hall–Kier alpha value is -2.14. The van der Waals surface area contributed by atoms with Crippen LogP contribution in [0.1, 0.15) is 19.4 Å². The second-order valence-corrected chi connectivity index (χ2v) is 5.51. The number of hydrogen-bond acceptors (Lipinski definition) is 3. The van der Waals surface area contributed by atoms with Crippen LogP contribution >= 0.6 is 0 Å². The van der Waals surface area contributed by atoms with Crippen LogP contribution in [0.5, 0.6) is 0 Å². The van der Waals surface area contributed by atoms with Gasteiger partial charge in [-0.05, 0) is 31.4 Å². The van der Waals surface area contributed by atoms with Gasteiger partial charge in [0.2, 0.25) is 0 Å². The second-order valence-electron chi connectivity index (χ2n) is 5.51. The van der Waals surface area contributed by atoms with Crippen LogP contribution in [-0.2, 0) is 17.9 Å². The fourth-order valence-electron chi connectivity index (χ4n) is 2.15. The van der Waals surface area contributed by atoms with Gasteiger partial charge in [0.15, 0.2) is 0 Å². The van der Waals surface area contributed by atoms with E-state index in [2.05, 4.69) is 0 Å². The molecule has 0 saturated heterocycles. The van der Waals surface area contributed by atoms with E-state index >= 15 is 0 Å². The molecule has 20 heavy (non-hydrogen) atoms. The third kappa shape index (κ3) is 2.44. The Labute approximate surface area is 116 Å². The number of rotatable bonds is 4. The summed E-state index contributed by atoms with van der Waals surface area (Å²) < 4.78 is 1.51. The average molecular weight is 274 g/mol. The maximum Gasteiger partial charge on any atom is 0.310 e. The predicted octanol–water partition coefficient (Wildman–Crippen LogP) is 1.57. The minimum absolute atomic E-state index is 0.107. The maximum atomic E-state index is 12.4. The highest BCUT2D eigenvalue weighted by Gasteiger charge is 2.29. The highest BCUT2D eigenvalue weighted by atomic mass is 16.4. The lowest BCUT2D eigenvalue weighted by molar-refractivity contribution is -0.147. The first-order valence-electron chi connectivity index (χ1n) is 6.42. The number of pyridine rings is 1. The van der Waals surface area contributed by atoms with Crippen molar-refractivity contribution in [1.82, 2.24) is 4.57 Å². The fourth-order valence-corrected chi connectivity index (χ4v) is 2.15. The van der Waals surface area contributed by atoms with Gasteiger partial charge in [-0.3, -0.25) is 9.59 Å². The number of aliphatic carboxylic acids is 1. The maximum absolute atomic E-state index is 12.4. The van der Waals surface area contributed by atoms with Crippen molar-refractivity contribution in [3.63, 3.8) is 0 Å². The Morgan fingerprint density at radius 2 is 2.00 bits per heavy atom. The van der Waals surface area contributed by atoms with Crippen LogP contribution in [0.2, 0.25) is 0 Å². The topological polar surface area (TPSA) is 85.3 Å². The van der Waals surface area contributed by atoms with Crippen LogP contribution in [0.3, 0.4) is 0 Å². The normalized spacial score (nSPS) is 11.8. The zero-order valence-electron chi connectivity index (χ0n) is 11.6. The first kappa shape index (κ1) is 14.3. The van der Waals surface area contributed by atoms with E-state index < -0.39 is 11.4 Å². The van der Waals surface area contributed by atoms with Gasteiger partial charge in [-0.2, -0.15) is 0 Å². The molecule has 1 heterocycles. The summed E-state index contributed by atoms with van der Waals surface area (Å²) in [7, 11) is 0. The molecule has 106 valence electrons. The third-order valence-corrected chi connectivity index (χ3v) is 3.43. The molecule has 0 bridgehead atoms. The minimum Gasteiger partial charge on any atom is -0.481 e. The second kappa shape index (κ2) is 5.09. The Bertz CT molecular complexity index is 717. The number of fused-ring (bicyclic) bond motifs is 1. The molecule has 0 radical (unpaired) electrons. The van der Waals surface area contributed by atoms with E-state index in [4.69, 9.17) is 5.73 Å². The summed E-state index contributed by atoms with van der Waals surface area (Å²) in [4.78, 5) is 23.7. The van der Waals surface area contributed by atoms with Gasteiger partial charge in [0.05, 0.1) is 10.9 Å². The molecule has 0 aliphatic heterocycles. The van der Waals surface area contributed by atoms with E-state index in [1.165, 1.54) is 4.57 Å². The van der Waals surface area contributed by atoms with Crippen molar-refractivity contribution in [2.45, 2.75) is 26.9 Å². The van der Waals surface area contributed by atoms with Crippen molar-refractivity contribution in [3.05, 3.63) is 46.2 Å². The van der Waals surface area contributed by atoms with Gasteiger partial charge in [0.25, 0.3) is 5.56 Å². The van der Waals surface area contributed by atoms with Gasteiger partial charge in [-0.25, -0.2) is 0 Å². The molecule has 0 spiro atoms. The van der Waals surface area contributed by atoms with Crippen LogP contribution in [-0.4, -0.2) is 15.6 Å².